The quantitative estimate of drug-likeness (QED) is 0.889. The van der Waals surface area contributed by atoms with Crippen molar-refractivity contribution in [3.8, 4) is 0 Å². The van der Waals surface area contributed by atoms with Crippen LogP contribution in [-0.4, -0.2) is 36.3 Å². The Kier molecular flexibility index (Phi) is 3.91. The second kappa shape index (κ2) is 5.44. The summed E-state index contributed by atoms with van der Waals surface area (Å²) in [6, 6.07) is 1.11. The van der Waals surface area contributed by atoms with Crippen molar-refractivity contribution >= 4 is 23.4 Å². The van der Waals surface area contributed by atoms with Crippen molar-refractivity contribution in [2.24, 2.45) is 0 Å². The van der Waals surface area contributed by atoms with Crippen LogP contribution in [0.1, 0.15) is 29.6 Å². The summed E-state index contributed by atoms with van der Waals surface area (Å²) in [5, 5.41) is 2.66. The van der Waals surface area contributed by atoms with E-state index in [2.05, 4.69) is 5.32 Å². The average Bonchev–Trinajstić information content (AvgIpc) is 2.83. The fraction of sp³-hybridized carbons (Fsp3) is 0.500. The third-order valence-corrected chi connectivity index (χ3v) is 3.45. The SMILES string of the molecule is CNC(=O)C1CCCCN1C(=O)c1ccoc1Cl. The van der Waals surface area contributed by atoms with Crippen LogP contribution in [-0.2, 0) is 4.79 Å². The van der Waals surface area contributed by atoms with Crippen LogP contribution in [0.5, 0.6) is 0 Å². The molecule has 18 heavy (non-hydrogen) atoms. The standard InChI is InChI=1S/C12H15ClN2O3/c1-14-11(16)9-4-2-3-6-15(9)12(17)8-5-7-18-10(8)13/h5,7,9H,2-4,6H2,1H3,(H,14,16). The predicted octanol–water partition coefficient (Wildman–Crippen LogP) is 1.67. The van der Waals surface area contributed by atoms with Crippen molar-refractivity contribution in [2.45, 2.75) is 25.3 Å². The molecule has 98 valence electrons. The summed E-state index contributed by atoms with van der Waals surface area (Å²) in [6.45, 7) is 0.568. The van der Waals surface area contributed by atoms with E-state index >= 15 is 0 Å². The number of furan rings is 1. The van der Waals surface area contributed by atoms with Gasteiger partial charge in [-0.25, -0.2) is 0 Å². The third-order valence-electron chi connectivity index (χ3n) is 3.16. The Morgan fingerprint density at radius 1 is 1.50 bits per heavy atom. The van der Waals surface area contributed by atoms with Gasteiger partial charge in [0.15, 0.2) is 0 Å². The zero-order chi connectivity index (χ0) is 13.1. The predicted molar refractivity (Wildman–Crippen MR) is 66.5 cm³/mol. The molecule has 1 aromatic rings. The topological polar surface area (TPSA) is 62.6 Å². The highest BCUT2D eigenvalue weighted by Gasteiger charge is 2.33. The first kappa shape index (κ1) is 13.0. The Bertz CT molecular complexity index is 458. The van der Waals surface area contributed by atoms with Gasteiger partial charge in [0.2, 0.25) is 11.1 Å². The minimum Gasteiger partial charge on any atom is -0.452 e. The van der Waals surface area contributed by atoms with E-state index in [1.54, 1.807) is 11.9 Å². The fourth-order valence-corrected chi connectivity index (χ4v) is 2.41. The summed E-state index contributed by atoms with van der Waals surface area (Å²) < 4.78 is 4.92. The molecule has 1 atom stereocenters. The van der Waals surface area contributed by atoms with E-state index in [1.165, 1.54) is 12.3 Å². The molecule has 0 aromatic carbocycles. The number of hydrogen-bond donors (Lipinski definition) is 1. The molecule has 2 amide bonds. The van der Waals surface area contributed by atoms with Crippen LogP contribution in [0.4, 0.5) is 0 Å². The highest BCUT2D eigenvalue weighted by atomic mass is 35.5. The van der Waals surface area contributed by atoms with E-state index in [0.29, 0.717) is 18.5 Å². The number of carbonyl (C=O) groups is 2. The molecular formula is C12H15ClN2O3. The van der Waals surface area contributed by atoms with Gasteiger partial charge in [0.1, 0.15) is 6.04 Å². The summed E-state index contributed by atoms with van der Waals surface area (Å²) >= 11 is 5.80. The Labute approximate surface area is 110 Å². The number of piperidine rings is 1. The molecule has 0 radical (unpaired) electrons. The Morgan fingerprint density at radius 2 is 2.28 bits per heavy atom. The zero-order valence-electron chi connectivity index (χ0n) is 10.1. The lowest BCUT2D eigenvalue weighted by molar-refractivity contribution is -0.126. The lowest BCUT2D eigenvalue weighted by Crippen LogP contribution is -2.51. The van der Waals surface area contributed by atoms with Gasteiger partial charge in [0, 0.05) is 13.6 Å². The maximum absolute atomic E-state index is 12.3. The van der Waals surface area contributed by atoms with Crippen LogP contribution < -0.4 is 5.32 Å². The van der Waals surface area contributed by atoms with Gasteiger partial charge in [-0.05, 0) is 36.9 Å². The number of likely N-dealkylation sites (N-methyl/N-ethyl adjacent to an activating group) is 1. The van der Waals surface area contributed by atoms with Gasteiger partial charge < -0.3 is 14.6 Å². The third kappa shape index (κ3) is 2.36. The molecule has 0 bridgehead atoms. The lowest BCUT2D eigenvalue weighted by Gasteiger charge is -2.34. The van der Waals surface area contributed by atoms with Crippen molar-refractivity contribution in [1.82, 2.24) is 10.2 Å². The van der Waals surface area contributed by atoms with Gasteiger partial charge in [-0.3, -0.25) is 9.59 Å². The molecule has 2 rings (SSSR count). The molecule has 2 heterocycles. The first-order valence-corrected chi connectivity index (χ1v) is 6.28. The average molecular weight is 271 g/mol. The second-order valence-electron chi connectivity index (χ2n) is 4.23. The van der Waals surface area contributed by atoms with E-state index in [-0.39, 0.29) is 17.0 Å². The smallest absolute Gasteiger partial charge is 0.259 e. The molecule has 1 N–H and O–H groups in total. The van der Waals surface area contributed by atoms with E-state index < -0.39 is 6.04 Å². The summed E-state index contributed by atoms with van der Waals surface area (Å²) in [7, 11) is 1.57. The summed E-state index contributed by atoms with van der Waals surface area (Å²) in [5.41, 5.74) is 0.312. The minimum absolute atomic E-state index is 0.0706. The van der Waals surface area contributed by atoms with E-state index in [0.717, 1.165) is 12.8 Å². The number of amides is 2. The van der Waals surface area contributed by atoms with Crippen molar-refractivity contribution < 1.29 is 14.0 Å². The normalized spacial score (nSPS) is 19.7. The molecule has 0 spiro atoms. The largest absolute Gasteiger partial charge is 0.452 e. The molecule has 1 aromatic heterocycles. The molecule has 0 saturated carbocycles. The molecular weight excluding hydrogens is 256 g/mol. The van der Waals surface area contributed by atoms with E-state index in [9.17, 15) is 9.59 Å². The highest BCUT2D eigenvalue weighted by Crippen LogP contribution is 2.24. The van der Waals surface area contributed by atoms with Crippen LogP contribution in [0.15, 0.2) is 16.7 Å². The van der Waals surface area contributed by atoms with Crippen molar-refractivity contribution in [1.29, 1.82) is 0 Å². The summed E-state index contributed by atoms with van der Waals surface area (Å²) in [6.07, 6.45) is 3.89. The van der Waals surface area contributed by atoms with Gasteiger partial charge in [0.25, 0.3) is 5.91 Å². The molecule has 6 heteroatoms. The van der Waals surface area contributed by atoms with Crippen molar-refractivity contribution in [2.75, 3.05) is 13.6 Å². The van der Waals surface area contributed by atoms with Crippen LogP contribution >= 0.6 is 11.6 Å². The molecule has 5 nitrogen and oxygen atoms in total. The first-order chi connectivity index (χ1) is 8.65. The molecule has 1 unspecified atom stereocenters. The highest BCUT2D eigenvalue weighted by molar-refractivity contribution is 6.32. The van der Waals surface area contributed by atoms with Gasteiger partial charge in [0.05, 0.1) is 11.8 Å². The zero-order valence-corrected chi connectivity index (χ0v) is 10.9. The Morgan fingerprint density at radius 3 is 2.89 bits per heavy atom. The molecule has 1 aliphatic heterocycles. The maximum Gasteiger partial charge on any atom is 0.259 e. The van der Waals surface area contributed by atoms with E-state index in [4.69, 9.17) is 16.0 Å². The number of carbonyl (C=O) groups excluding carboxylic acids is 2. The van der Waals surface area contributed by atoms with Crippen LogP contribution in [0.3, 0.4) is 0 Å². The maximum atomic E-state index is 12.3. The van der Waals surface area contributed by atoms with Crippen LogP contribution in [0, 0.1) is 0 Å². The van der Waals surface area contributed by atoms with Gasteiger partial charge in [-0.1, -0.05) is 0 Å². The molecule has 1 saturated heterocycles. The summed E-state index contributed by atoms with van der Waals surface area (Å²) in [5.74, 6) is -0.385. The summed E-state index contributed by atoms with van der Waals surface area (Å²) in [4.78, 5) is 25.7. The Balaban J connectivity index is 2.21. The lowest BCUT2D eigenvalue weighted by atomic mass is 10.0. The van der Waals surface area contributed by atoms with E-state index in [1.807, 2.05) is 0 Å². The van der Waals surface area contributed by atoms with Crippen molar-refractivity contribution in [3.05, 3.63) is 23.1 Å². The molecule has 0 aliphatic carbocycles. The Hall–Kier alpha value is -1.49. The van der Waals surface area contributed by atoms with Crippen molar-refractivity contribution in [3.63, 3.8) is 0 Å². The fourth-order valence-electron chi connectivity index (χ4n) is 2.21. The van der Waals surface area contributed by atoms with Gasteiger partial charge >= 0.3 is 0 Å². The monoisotopic (exact) mass is 270 g/mol. The number of nitrogens with zero attached hydrogens (tertiary/aromatic N) is 1. The number of likely N-dealkylation sites (tertiary alicyclic amines) is 1. The van der Waals surface area contributed by atoms with Gasteiger partial charge in [-0.2, -0.15) is 0 Å². The number of rotatable bonds is 2. The molecule has 1 fully saturated rings. The second-order valence-corrected chi connectivity index (χ2v) is 4.58. The molecule has 1 aliphatic rings. The number of nitrogens with one attached hydrogen (secondary N) is 1. The first-order valence-electron chi connectivity index (χ1n) is 5.90. The van der Waals surface area contributed by atoms with Gasteiger partial charge in [-0.15, -0.1) is 0 Å². The van der Waals surface area contributed by atoms with Crippen LogP contribution in [0.2, 0.25) is 5.22 Å². The number of hydrogen-bond acceptors (Lipinski definition) is 3. The van der Waals surface area contributed by atoms with Crippen LogP contribution in [0.25, 0.3) is 0 Å². The minimum atomic E-state index is -0.415. The number of halogens is 1.